The SMILES string of the molecule is Br.CCCN(CCc1ccccc1)CCc1cccc(O)c1. The molecule has 0 atom stereocenters. The lowest BCUT2D eigenvalue weighted by Crippen LogP contribution is -2.29. The molecule has 2 nitrogen and oxygen atoms in total. The molecule has 1 N–H and O–H groups in total. The Morgan fingerprint density at radius 1 is 0.818 bits per heavy atom. The number of hydrogen-bond donors (Lipinski definition) is 1. The molecule has 0 aliphatic heterocycles. The number of rotatable bonds is 8. The van der Waals surface area contributed by atoms with Gasteiger partial charge in [-0.2, -0.15) is 0 Å². The van der Waals surface area contributed by atoms with Gasteiger partial charge in [-0.25, -0.2) is 0 Å². The van der Waals surface area contributed by atoms with Gasteiger partial charge >= 0.3 is 0 Å². The topological polar surface area (TPSA) is 23.5 Å². The summed E-state index contributed by atoms with van der Waals surface area (Å²) in [5, 5.41) is 9.52. The summed E-state index contributed by atoms with van der Waals surface area (Å²) in [5.74, 6) is 0.360. The second-order valence-corrected chi connectivity index (χ2v) is 5.50. The zero-order chi connectivity index (χ0) is 14.9. The van der Waals surface area contributed by atoms with Crippen LogP contribution in [0.1, 0.15) is 24.5 Å². The summed E-state index contributed by atoms with van der Waals surface area (Å²) in [4.78, 5) is 2.51. The van der Waals surface area contributed by atoms with Crippen LogP contribution in [0.5, 0.6) is 5.75 Å². The first-order valence-electron chi connectivity index (χ1n) is 7.82. The van der Waals surface area contributed by atoms with E-state index in [1.54, 1.807) is 6.07 Å². The van der Waals surface area contributed by atoms with Crippen molar-refractivity contribution in [1.29, 1.82) is 0 Å². The van der Waals surface area contributed by atoms with E-state index >= 15 is 0 Å². The molecule has 0 saturated heterocycles. The van der Waals surface area contributed by atoms with Crippen molar-refractivity contribution in [3.63, 3.8) is 0 Å². The lowest BCUT2D eigenvalue weighted by Gasteiger charge is -2.21. The maximum atomic E-state index is 9.52. The van der Waals surface area contributed by atoms with Crippen molar-refractivity contribution in [1.82, 2.24) is 4.90 Å². The second kappa shape index (κ2) is 10.4. The fourth-order valence-electron chi connectivity index (χ4n) is 2.58. The average Bonchev–Trinajstić information content (AvgIpc) is 2.51. The monoisotopic (exact) mass is 363 g/mol. The molecule has 2 rings (SSSR count). The third-order valence-electron chi connectivity index (χ3n) is 3.73. The Morgan fingerprint density at radius 3 is 2.09 bits per heavy atom. The van der Waals surface area contributed by atoms with Crippen molar-refractivity contribution in [3.05, 3.63) is 65.7 Å². The number of benzene rings is 2. The summed E-state index contributed by atoms with van der Waals surface area (Å²) in [6.07, 6.45) is 3.26. The highest BCUT2D eigenvalue weighted by Crippen LogP contribution is 2.12. The van der Waals surface area contributed by atoms with Crippen LogP contribution in [-0.4, -0.2) is 29.6 Å². The van der Waals surface area contributed by atoms with E-state index in [1.165, 1.54) is 17.5 Å². The Kier molecular flexibility index (Phi) is 8.86. The summed E-state index contributed by atoms with van der Waals surface area (Å²) in [6.45, 7) is 5.50. The van der Waals surface area contributed by atoms with Crippen molar-refractivity contribution in [2.75, 3.05) is 19.6 Å². The summed E-state index contributed by atoms with van der Waals surface area (Å²) in [6, 6.07) is 18.2. The smallest absolute Gasteiger partial charge is 0.115 e. The highest BCUT2D eigenvalue weighted by atomic mass is 79.9. The molecule has 0 heterocycles. The Bertz CT molecular complexity index is 530. The first kappa shape index (κ1) is 18.7. The molecule has 0 bridgehead atoms. The molecule has 2 aromatic rings. The van der Waals surface area contributed by atoms with Gasteiger partial charge in [-0.1, -0.05) is 49.4 Å². The maximum absolute atomic E-state index is 9.52. The van der Waals surface area contributed by atoms with E-state index in [4.69, 9.17) is 0 Å². The largest absolute Gasteiger partial charge is 0.508 e. The van der Waals surface area contributed by atoms with E-state index in [0.29, 0.717) is 5.75 Å². The molecule has 0 unspecified atom stereocenters. The predicted molar refractivity (Wildman–Crippen MR) is 99.0 cm³/mol. The third kappa shape index (κ3) is 6.63. The summed E-state index contributed by atoms with van der Waals surface area (Å²) >= 11 is 0. The third-order valence-corrected chi connectivity index (χ3v) is 3.73. The Hall–Kier alpha value is -1.32. The van der Waals surface area contributed by atoms with Crippen LogP contribution in [0.4, 0.5) is 0 Å². The lowest BCUT2D eigenvalue weighted by molar-refractivity contribution is 0.281. The Labute approximate surface area is 144 Å². The van der Waals surface area contributed by atoms with Gasteiger partial charge in [0.25, 0.3) is 0 Å². The number of halogens is 1. The Balaban J connectivity index is 0.00000242. The summed E-state index contributed by atoms with van der Waals surface area (Å²) in [5.41, 5.74) is 2.60. The van der Waals surface area contributed by atoms with Crippen LogP contribution in [0.15, 0.2) is 54.6 Å². The van der Waals surface area contributed by atoms with Crippen molar-refractivity contribution < 1.29 is 5.11 Å². The van der Waals surface area contributed by atoms with Crippen LogP contribution >= 0.6 is 17.0 Å². The van der Waals surface area contributed by atoms with Crippen molar-refractivity contribution in [3.8, 4) is 5.75 Å². The minimum atomic E-state index is 0. The van der Waals surface area contributed by atoms with Crippen LogP contribution in [0.25, 0.3) is 0 Å². The highest BCUT2D eigenvalue weighted by Gasteiger charge is 2.05. The predicted octanol–water partition coefficient (Wildman–Crippen LogP) is 4.47. The molecule has 0 aromatic heterocycles. The maximum Gasteiger partial charge on any atom is 0.115 e. The molecule has 0 amide bonds. The molecule has 0 radical (unpaired) electrons. The van der Waals surface area contributed by atoms with E-state index in [9.17, 15) is 5.11 Å². The summed E-state index contributed by atoms with van der Waals surface area (Å²) < 4.78 is 0. The molecule has 2 aromatic carbocycles. The standard InChI is InChI=1S/C19H25NO.BrH/c1-2-13-20(14-11-17-7-4-3-5-8-17)15-12-18-9-6-10-19(21)16-18;/h3-10,16,21H,2,11-15H2,1H3;1H. The van der Waals surface area contributed by atoms with E-state index < -0.39 is 0 Å². The van der Waals surface area contributed by atoms with Crippen molar-refractivity contribution >= 4 is 17.0 Å². The minimum Gasteiger partial charge on any atom is -0.508 e. The van der Waals surface area contributed by atoms with Gasteiger partial charge in [-0.3, -0.25) is 0 Å². The van der Waals surface area contributed by atoms with Gasteiger partial charge in [0.15, 0.2) is 0 Å². The number of hydrogen-bond acceptors (Lipinski definition) is 2. The molecule has 3 heteroatoms. The number of phenols is 1. The second-order valence-electron chi connectivity index (χ2n) is 5.50. The fourth-order valence-corrected chi connectivity index (χ4v) is 2.58. The van der Waals surface area contributed by atoms with E-state index in [0.717, 1.165) is 32.5 Å². The molecular weight excluding hydrogens is 338 g/mol. The van der Waals surface area contributed by atoms with Crippen molar-refractivity contribution in [2.24, 2.45) is 0 Å². The van der Waals surface area contributed by atoms with Crippen molar-refractivity contribution in [2.45, 2.75) is 26.2 Å². The van der Waals surface area contributed by atoms with E-state index in [2.05, 4.69) is 48.2 Å². The minimum absolute atomic E-state index is 0. The van der Waals surface area contributed by atoms with Crippen LogP contribution in [0, 0.1) is 0 Å². The molecule has 0 aliphatic carbocycles. The van der Waals surface area contributed by atoms with Crippen LogP contribution < -0.4 is 0 Å². The average molecular weight is 364 g/mol. The lowest BCUT2D eigenvalue weighted by atomic mass is 10.1. The molecule has 0 spiro atoms. The number of aromatic hydroxyl groups is 1. The van der Waals surface area contributed by atoms with Gasteiger partial charge < -0.3 is 10.0 Å². The molecular formula is C19H26BrNO. The highest BCUT2D eigenvalue weighted by molar-refractivity contribution is 8.93. The zero-order valence-corrected chi connectivity index (χ0v) is 15.0. The van der Waals surface area contributed by atoms with Gasteiger partial charge in [-0.15, -0.1) is 17.0 Å². The Morgan fingerprint density at radius 2 is 1.45 bits per heavy atom. The van der Waals surface area contributed by atoms with Gasteiger partial charge in [-0.05, 0) is 49.1 Å². The molecule has 0 saturated carbocycles. The molecule has 120 valence electrons. The van der Waals surface area contributed by atoms with Crippen LogP contribution in [0.3, 0.4) is 0 Å². The zero-order valence-electron chi connectivity index (χ0n) is 13.2. The van der Waals surface area contributed by atoms with Gasteiger partial charge in [0.2, 0.25) is 0 Å². The molecule has 22 heavy (non-hydrogen) atoms. The van der Waals surface area contributed by atoms with Gasteiger partial charge in [0.05, 0.1) is 0 Å². The quantitative estimate of drug-likeness (QED) is 0.747. The summed E-state index contributed by atoms with van der Waals surface area (Å²) in [7, 11) is 0. The fraction of sp³-hybridized carbons (Fsp3) is 0.368. The first-order valence-corrected chi connectivity index (χ1v) is 7.82. The number of phenolic OH excluding ortho intramolecular Hbond substituents is 1. The van der Waals surface area contributed by atoms with Gasteiger partial charge in [0.1, 0.15) is 5.75 Å². The van der Waals surface area contributed by atoms with Crippen LogP contribution in [-0.2, 0) is 12.8 Å². The molecule has 0 fully saturated rings. The van der Waals surface area contributed by atoms with E-state index in [1.807, 2.05) is 12.1 Å². The van der Waals surface area contributed by atoms with E-state index in [-0.39, 0.29) is 17.0 Å². The normalized spacial score (nSPS) is 10.5. The number of nitrogens with zero attached hydrogens (tertiary/aromatic N) is 1. The first-order chi connectivity index (χ1) is 10.3. The van der Waals surface area contributed by atoms with Gasteiger partial charge in [0, 0.05) is 13.1 Å². The van der Waals surface area contributed by atoms with Crippen LogP contribution in [0.2, 0.25) is 0 Å². The molecule has 0 aliphatic rings.